The second kappa shape index (κ2) is 9.30. The topological polar surface area (TPSA) is 79.0 Å². The molecule has 0 spiro atoms. The summed E-state index contributed by atoms with van der Waals surface area (Å²) in [6.45, 7) is 0.468. The molecule has 2 aromatic rings. The van der Waals surface area contributed by atoms with Gasteiger partial charge in [-0.15, -0.1) is 0 Å². The summed E-state index contributed by atoms with van der Waals surface area (Å²) in [4.78, 5) is 42.3. The molecule has 2 amide bonds. The van der Waals surface area contributed by atoms with E-state index in [-0.39, 0.29) is 30.3 Å². The molecule has 2 heterocycles. The van der Waals surface area contributed by atoms with Crippen molar-refractivity contribution in [3.05, 3.63) is 64.7 Å². The first-order valence-corrected chi connectivity index (χ1v) is 11.0. The van der Waals surface area contributed by atoms with E-state index in [1.165, 1.54) is 0 Å². The first-order chi connectivity index (χ1) is 15.3. The number of Topliss-reactive ketones (excluding diaryl/α,β-unsaturated/α-hetero) is 1. The number of hydrogen-bond donors (Lipinski definition) is 1. The molecule has 2 fully saturated rings. The maximum absolute atomic E-state index is 13.5. The zero-order valence-corrected chi connectivity index (χ0v) is 18.8. The zero-order valence-electron chi connectivity index (χ0n) is 18.1. The largest absolute Gasteiger partial charge is 0.378 e. The maximum atomic E-state index is 13.5. The second-order valence-corrected chi connectivity index (χ2v) is 8.82. The third-order valence-electron chi connectivity index (χ3n) is 6.00. The number of carbonyl (C=O) groups is 3. The van der Waals surface area contributed by atoms with Crippen molar-refractivity contribution in [3.63, 3.8) is 0 Å². The van der Waals surface area contributed by atoms with E-state index < -0.39 is 12.1 Å². The van der Waals surface area contributed by atoms with Crippen LogP contribution in [0.4, 0.5) is 5.69 Å². The first kappa shape index (κ1) is 22.3. The number of rotatable bonds is 6. The maximum Gasteiger partial charge on any atom is 0.251 e. The lowest BCUT2D eigenvalue weighted by molar-refractivity contribution is -0.138. The van der Waals surface area contributed by atoms with Gasteiger partial charge in [0.25, 0.3) is 5.91 Å². The first-order valence-electron chi connectivity index (χ1n) is 10.6. The minimum Gasteiger partial charge on any atom is -0.378 e. The molecule has 2 aromatic carbocycles. The van der Waals surface area contributed by atoms with Crippen LogP contribution < -0.4 is 10.2 Å². The number of nitrogens with zero attached hydrogens (tertiary/aromatic N) is 2. The lowest BCUT2D eigenvalue weighted by Crippen LogP contribution is -2.53. The van der Waals surface area contributed by atoms with Gasteiger partial charge in [0, 0.05) is 43.3 Å². The van der Waals surface area contributed by atoms with Gasteiger partial charge in [0.15, 0.2) is 5.78 Å². The number of halogens is 1. The summed E-state index contributed by atoms with van der Waals surface area (Å²) in [5.74, 6) is -0.700. The summed E-state index contributed by atoms with van der Waals surface area (Å²) in [6.07, 6.45) is 0.660. The van der Waals surface area contributed by atoms with E-state index in [0.29, 0.717) is 30.0 Å². The van der Waals surface area contributed by atoms with Gasteiger partial charge in [-0.3, -0.25) is 14.4 Å². The normalized spacial score (nSPS) is 20.7. The van der Waals surface area contributed by atoms with E-state index in [9.17, 15) is 14.4 Å². The number of likely N-dealkylation sites (tertiary alicyclic amines) is 1. The van der Waals surface area contributed by atoms with Gasteiger partial charge in [0.2, 0.25) is 5.91 Å². The van der Waals surface area contributed by atoms with Crippen LogP contribution in [0.5, 0.6) is 0 Å². The molecule has 0 radical (unpaired) electrons. The molecule has 1 N–H and O–H groups in total. The predicted octanol–water partition coefficient (Wildman–Crippen LogP) is 2.32. The van der Waals surface area contributed by atoms with E-state index in [4.69, 9.17) is 16.3 Å². The number of carbonyl (C=O) groups excluding carboxylic acids is 3. The number of anilines is 1. The molecule has 2 aliphatic heterocycles. The molecule has 8 heteroatoms. The second-order valence-electron chi connectivity index (χ2n) is 8.38. The third kappa shape index (κ3) is 4.64. The number of benzene rings is 2. The highest BCUT2D eigenvalue weighted by atomic mass is 35.5. The number of ketones is 1. The minimum absolute atomic E-state index is 0.0333. The lowest BCUT2D eigenvalue weighted by atomic mass is 10.0. The zero-order chi connectivity index (χ0) is 22.8. The van der Waals surface area contributed by atoms with Gasteiger partial charge < -0.3 is 19.9 Å². The van der Waals surface area contributed by atoms with Crippen LogP contribution in [0, 0.1) is 0 Å². The lowest BCUT2D eigenvalue weighted by Gasteiger charge is -2.27. The summed E-state index contributed by atoms with van der Waals surface area (Å²) in [7, 11) is 3.85. The van der Waals surface area contributed by atoms with Crippen molar-refractivity contribution >= 4 is 34.9 Å². The summed E-state index contributed by atoms with van der Waals surface area (Å²) in [5, 5.41) is 3.48. The van der Waals surface area contributed by atoms with Crippen molar-refractivity contribution in [2.24, 2.45) is 0 Å². The van der Waals surface area contributed by atoms with Crippen LogP contribution in [0.25, 0.3) is 0 Å². The molecule has 0 bridgehead atoms. The average Bonchev–Trinajstić information content (AvgIpc) is 3.37. The molecule has 4 rings (SSSR count). The van der Waals surface area contributed by atoms with Crippen LogP contribution >= 0.6 is 11.6 Å². The van der Waals surface area contributed by atoms with E-state index in [1.807, 2.05) is 43.3 Å². The van der Waals surface area contributed by atoms with Crippen LogP contribution in [0.1, 0.15) is 22.3 Å². The SMILES string of the molecule is CN(C)c1ccc(C(=O)NC(Cc2ccc(Cl)cc2)C(=O)N2CCC3OCC(=O)C32)cc1. The molecule has 3 atom stereocenters. The molecular formula is C24H26ClN3O4. The van der Waals surface area contributed by atoms with Crippen LogP contribution in [0.15, 0.2) is 48.5 Å². The Hall–Kier alpha value is -2.90. The van der Waals surface area contributed by atoms with Crippen molar-refractivity contribution < 1.29 is 19.1 Å². The Bertz CT molecular complexity index is 1010. The van der Waals surface area contributed by atoms with Crippen LogP contribution in [0.2, 0.25) is 5.02 Å². The van der Waals surface area contributed by atoms with Gasteiger partial charge in [-0.2, -0.15) is 0 Å². The number of ether oxygens (including phenoxy) is 1. The molecule has 0 aromatic heterocycles. The van der Waals surface area contributed by atoms with Crippen molar-refractivity contribution in [1.82, 2.24) is 10.2 Å². The van der Waals surface area contributed by atoms with Gasteiger partial charge in [-0.05, 0) is 48.4 Å². The fraction of sp³-hybridized carbons (Fsp3) is 0.375. The highest BCUT2D eigenvalue weighted by Crippen LogP contribution is 2.28. The highest BCUT2D eigenvalue weighted by molar-refractivity contribution is 6.30. The number of amides is 2. The van der Waals surface area contributed by atoms with Crippen LogP contribution in [-0.2, 0) is 20.7 Å². The monoisotopic (exact) mass is 455 g/mol. The Labute approximate surface area is 192 Å². The number of fused-ring (bicyclic) bond motifs is 1. The number of nitrogens with one attached hydrogen (secondary N) is 1. The van der Waals surface area contributed by atoms with Crippen molar-refractivity contribution in [3.8, 4) is 0 Å². The summed E-state index contributed by atoms with van der Waals surface area (Å²) >= 11 is 5.99. The Kier molecular flexibility index (Phi) is 6.48. The Morgan fingerprint density at radius 3 is 2.50 bits per heavy atom. The molecule has 32 heavy (non-hydrogen) atoms. The fourth-order valence-corrected chi connectivity index (χ4v) is 4.38. The van der Waals surface area contributed by atoms with Crippen molar-refractivity contribution in [2.45, 2.75) is 31.0 Å². The van der Waals surface area contributed by atoms with Gasteiger partial charge in [-0.25, -0.2) is 0 Å². The van der Waals surface area contributed by atoms with Gasteiger partial charge >= 0.3 is 0 Å². The minimum atomic E-state index is -0.815. The fourth-order valence-electron chi connectivity index (χ4n) is 4.25. The molecule has 168 valence electrons. The van der Waals surface area contributed by atoms with E-state index in [1.54, 1.807) is 29.2 Å². The molecule has 2 saturated heterocycles. The van der Waals surface area contributed by atoms with E-state index in [0.717, 1.165) is 11.3 Å². The molecule has 0 saturated carbocycles. The highest BCUT2D eigenvalue weighted by Gasteiger charge is 2.48. The Morgan fingerprint density at radius 2 is 1.84 bits per heavy atom. The van der Waals surface area contributed by atoms with E-state index in [2.05, 4.69) is 5.32 Å². The standard InChI is InChI=1S/C24H26ClN3O4/c1-27(2)18-9-5-16(6-10-18)23(30)26-19(13-15-3-7-17(25)8-4-15)24(31)28-12-11-21-22(28)20(29)14-32-21/h3-10,19,21-22H,11-14H2,1-2H3,(H,26,30). The van der Waals surface area contributed by atoms with E-state index >= 15 is 0 Å². The molecule has 3 unspecified atom stereocenters. The molecule has 2 aliphatic rings. The molecular weight excluding hydrogens is 430 g/mol. The molecule has 7 nitrogen and oxygen atoms in total. The Morgan fingerprint density at radius 1 is 1.16 bits per heavy atom. The van der Waals surface area contributed by atoms with Crippen LogP contribution in [-0.4, -0.2) is 67.9 Å². The number of hydrogen-bond acceptors (Lipinski definition) is 5. The smallest absolute Gasteiger partial charge is 0.251 e. The predicted molar refractivity (Wildman–Crippen MR) is 122 cm³/mol. The summed E-state index contributed by atoms with van der Waals surface area (Å²) in [5.41, 5.74) is 2.29. The van der Waals surface area contributed by atoms with Gasteiger partial charge in [0.1, 0.15) is 18.7 Å². The summed E-state index contributed by atoms with van der Waals surface area (Å²) < 4.78 is 5.51. The summed E-state index contributed by atoms with van der Waals surface area (Å²) in [6, 6.07) is 12.9. The van der Waals surface area contributed by atoms with Crippen molar-refractivity contribution in [1.29, 1.82) is 0 Å². The van der Waals surface area contributed by atoms with Gasteiger partial charge in [-0.1, -0.05) is 23.7 Å². The average molecular weight is 456 g/mol. The Balaban J connectivity index is 1.55. The van der Waals surface area contributed by atoms with Crippen molar-refractivity contribution in [2.75, 3.05) is 32.1 Å². The third-order valence-corrected chi connectivity index (χ3v) is 6.25. The quantitative estimate of drug-likeness (QED) is 0.723. The van der Waals surface area contributed by atoms with Gasteiger partial charge in [0.05, 0.1) is 6.10 Å². The van der Waals surface area contributed by atoms with Crippen LogP contribution in [0.3, 0.4) is 0 Å². The molecule has 0 aliphatic carbocycles.